The zero-order valence-corrected chi connectivity index (χ0v) is 10.5. The number of ether oxygens (including phenoxy) is 1. The molecule has 0 saturated carbocycles. The maximum atomic E-state index is 11.3. The van der Waals surface area contributed by atoms with Gasteiger partial charge in [-0.3, -0.25) is 4.79 Å². The molecule has 1 N–H and O–H groups in total. The number of hydrogen-bond acceptors (Lipinski definition) is 2. The van der Waals surface area contributed by atoms with E-state index in [1.54, 1.807) is 0 Å². The van der Waals surface area contributed by atoms with Gasteiger partial charge in [-0.25, -0.2) is 0 Å². The number of nitrogens with one attached hydrogen (secondary N) is 1. The Morgan fingerprint density at radius 1 is 1.31 bits per heavy atom. The number of carbonyl (C=O) groups is 1. The fourth-order valence-electron chi connectivity index (χ4n) is 1.20. The molecule has 0 aromatic carbocycles. The van der Waals surface area contributed by atoms with E-state index in [-0.39, 0.29) is 5.91 Å². The molecule has 0 aliphatic rings. The van der Waals surface area contributed by atoms with Crippen molar-refractivity contribution in [1.82, 2.24) is 5.32 Å². The van der Waals surface area contributed by atoms with E-state index >= 15 is 0 Å². The van der Waals surface area contributed by atoms with Crippen LogP contribution in [0.1, 0.15) is 46.0 Å². The monoisotopic (exact) mass is 225 g/mol. The van der Waals surface area contributed by atoms with E-state index < -0.39 is 0 Å². The number of hydrogen-bond donors (Lipinski definition) is 1. The highest BCUT2D eigenvalue weighted by Gasteiger charge is 1.99. The molecular weight excluding hydrogens is 202 g/mol. The highest BCUT2D eigenvalue weighted by atomic mass is 16.5. The molecule has 0 unspecified atom stereocenters. The molecule has 92 valence electrons. The molecule has 3 heteroatoms. The minimum atomic E-state index is 0.115. The lowest BCUT2D eigenvalue weighted by Gasteiger charge is -2.04. The van der Waals surface area contributed by atoms with Crippen LogP contribution < -0.4 is 5.32 Å². The molecule has 0 aliphatic heterocycles. The van der Waals surface area contributed by atoms with Crippen molar-refractivity contribution in [3.63, 3.8) is 0 Å². The van der Waals surface area contributed by atoms with Gasteiger partial charge in [0.15, 0.2) is 0 Å². The van der Waals surface area contributed by atoms with Crippen molar-refractivity contribution >= 4 is 5.91 Å². The molecule has 16 heavy (non-hydrogen) atoms. The number of unbranched alkanes of at least 4 members (excludes halogenated alkanes) is 1. The Bertz CT molecular complexity index is 228. The van der Waals surface area contributed by atoms with Gasteiger partial charge in [0, 0.05) is 32.6 Å². The maximum absolute atomic E-state index is 11.3. The van der Waals surface area contributed by atoms with Crippen LogP contribution in [0.3, 0.4) is 0 Å². The summed E-state index contributed by atoms with van der Waals surface area (Å²) in [6.45, 7) is 6.10. The van der Waals surface area contributed by atoms with Crippen LogP contribution in [0.5, 0.6) is 0 Å². The fraction of sp³-hybridized carbons (Fsp3) is 0.769. The van der Waals surface area contributed by atoms with Gasteiger partial charge >= 0.3 is 0 Å². The molecule has 0 atom stereocenters. The second-order valence-corrected chi connectivity index (χ2v) is 3.60. The maximum Gasteiger partial charge on any atom is 0.220 e. The lowest BCUT2D eigenvalue weighted by Crippen LogP contribution is -2.24. The average Bonchev–Trinajstić information content (AvgIpc) is 2.28. The van der Waals surface area contributed by atoms with Crippen LogP contribution in [-0.2, 0) is 9.53 Å². The minimum Gasteiger partial charge on any atom is -0.381 e. The predicted octanol–water partition coefficient (Wildman–Crippen LogP) is 2.11. The Balaban J connectivity index is 3.20. The van der Waals surface area contributed by atoms with E-state index in [1.165, 1.54) is 0 Å². The van der Waals surface area contributed by atoms with Crippen LogP contribution in [0.25, 0.3) is 0 Å². The van der Waals surface area contributed by atoms with Crippen molar-refractivity contribution in [2.24, 2.45) is 0 Å². The van der Waals surface area contributed by atoms with Gasteiger partial charge in [-0.1, -0.05) is 6.92 Å². The SMILES string of the molecule is CC#CCCCNC(=O)CCCOCCC. The summed E-state index contributed by atoms with van der Waals surface area (Å²) in [5, 5.41) is 2.87. The lowest BCUT2D eigenvalue weighted by molar-refractivity contribution is -0.121. The smallest absolute Gasteiger partial charge is 0.220 e. The molecule has 0 bridgehead atoms. The summed E-state index contributed by atoms with van der Waals surface area (Å²) >= 11 is 0. The van der Waals surface area contributed by atoms with Crippen molar-refractivity contribution in [3.05, 3.63) is 0 Å². The van der Waals surface area contributed by atoms with Crippen LogP contribution >= 0.6 is 0 Å². The molecule has 0 spiro atoms. The summed E-state index contributed by atoms with van der Waals surface area (Å²) in [5.41, 5.74) is 0. The van der Waals surface area contributed by atoms with Crippen molar-refractivity contribution in [3.8, 4) is 11.8 Å². The summed E-state index contributed by atoms with van der Waals surface area (Å²) in [4.78, 5) is 11.3. The van der Waals surface area contributed by atoms with Crippen LogP contribution in [0.4, 0.5) is 0 Å². The average molecular weight is 225 g/mol. The summed E-state index contributed by atoms with van der Waals surface area (Å²) in [6, 6.07) is 0. The largest absolute Gasteiger partial charge is 0.381 e. The van der Waals surface area contributed by atoms with Crippen molar-refractivity contribution in [2.75, 3.05) is 19.8 Å². The number of amides is 1. The Labute approximate surface area is 98.9 Å². The molecule has 0 fully saturated rings. The molecule has 0 radical (unpaired) electrons. The fourth-order valence-corrected chi connectivity index (χ4v) is 1.20. The summed E-state index contributed by atoms with van der Waals surface area (Å²) in [6.07, 6.45) is 4.18. The first-order chi connectivity index (χ1) is 7.81. The summed E-state index contributed by atoms with van der Waals surface area (Å²) in [5.74, 6) is 5.91. The van der Waals surface area contributed by atoms with E-state index in [2.05, 4.69) is 24.1 Å². The highest BCUT2D eigenvalue weighted by Crippen LogP contribution is 1.92. The normalized spacial score (nSPS) is 9.38. The minimum absolute atomic E-state index is 0.115. The van der Waals surface area contributed by atoms with Crippen molar-refractivity contribution in [2.45, 2.75) is 46.0 Å². The lowest BCUT2D eigenvalue weighted by atomic mass is 10.3. The molecular formula is C13H23NO2. The zero-order valence-electron chi connectivity index (χ0n) is 10.5. The quantitative estimate of drug-likeness (QED) is 0.482. The third-order valence-electron chi connectivity index (χ3n) is 2.02. The third kappa shape index (κ3) is 11.1. The van der Waals surface area contributed by atoms with Gasteiger partial charge in [-0.15, -0.1) is 11.8 Å². The Morgan fingerprint density at radius 2 is 2.12 bits per heavy atom. The molecule has 0 heterocycles. The first-order valence-corrected chi connectivity index (χ1v) is 6.05. The second kappa shape index (κ2) is 12.1. The van der Waals surface area contributed by atoms with Gasteiger partial charge in [-0.2, -0.15) is 0 Å². The van der Waals surface area contributed by atoms with E-state index in [0.29, 0.717) is 13.0 Å². The number of rotatable bonds is 9. The van der Waals surface area contributed by atoms with Crippen molar-refractivity contribution < 1.29 is 9.53 Å². The predicted molar refractivity (Wildman–Crippen MR) is 66.0 cm³/mol. The van der Waals surface area contributed by atoms with Gasteiger partial charge in [0.1, 0.15) is 0 Å². The molecule has 0 rings (SSSR count). The van der Waals surface area contributed by atoms with Gasteiger partial charge in [0.05, 0.1) is 0 Å². The molecule has 0 aromatic rings. The van der Waals surface area contributed by atoms with Gasteiger partial charge in [0.25, 0.3) is 0 Å². The molecule has 3 nitrogen and oxygen atoms in total. The van der Waals surface area contributed by atoms with Crippen LogP contribution in [0.15, 0.2) is 0 Å². The third-order valence-corrected chi connectivity index (χ3v) is 2.02. The molecule has 1 amide bonds. The summed E-state index contributed by atoms with van der Waals surface area (Å²) < 4.78 is 5.29. The van der Waals surface area contributed by atoms with Crippen molar-refractivity contribution in [1.29, 1.82) is 0 Å². The second-order valence-electron chi connectivity index (χ2n) is 3.60. The van der Waals surface area contributed by atoms with Crippen LogP contribution in [0.2, 0.25) is 0 Å². The zero-order chi connectivity index (χ0) is 12.1. The van der Waals surface area contributed by atoms with Crippen LogP contribution in [-0.4, -0.2) is 25.7 Å². The molecule has 0 aromatic heterocycles. The van der Waals surface area contributed by atoms with Gasteiger partial charge < -0.3 is 10.1 Å². The molecule has 0 saturated heterocycles. The standard InChI is InChI=1S/C13H23NO2/c1-3-5-6-7-10-14-13(15)9-8-12-16-11-4-2/h4,6-12H2,1-2H3,(H,14,15). The van der Waals surface area contributed by atoms with Gasteiger partial charge in [0.2, 0.25) is 5.91 Å². The van der Waals surface area contributed by atoms with E-state index in [4.69, 9.17) is 4.74 Å². The van der Waals surface area contributed by atoms with E-state index in [1.807, 2.05) is 6.92 Å². The number of carbonyl (C=O) groups excluding carboxylic acids is 1. The van der Waals surface area contributed by atoms with Crippen LogP contribution in [0, 0.1) is 11.8 Å². The first-order valence-electron chi connectivity index (χ1n) is 6.05. The Morgan fingerprint density at radius 3 is 2.81 bits per heavy atom. The molecule has 0 aliphatic carbocycles. The Kier molecular flexibility index (Phi) is 11.3. The van der Waals surface area contributed by atoms with Gasteiger partial charge in [-0.05, 0) is 26.2 Å². The Hall–Kier alpha value is -1.01. The summed E-state index contributed by atoms with van der Waals surface area (Å²) in [7, 11) is 0. The topological polar surface area (TPSA) is 38.3 Å². The first kappa shape index (κ1) is 15.0. The highest BCUT2D eigenvalue weighted by molar-refractivity contribution is 5.75. The van der Waals surface area contributed by atoms with E-state index in [0.717, 1.165) is 38.8 Å². The van der Waals surface area contributed by atoms with E-state index in [9.17, 15) is 4.79 Å².